The van der Waals surface area contributed by atoms with Gasteiger partial charge in [-0.25, -0.2) is 0 Å². The predicted molar refractivity (Wildman–Crippen MR) is 81.1 cm³/mol. The van der Waals surface area contributed by atoms with Crippen molar-refractivity contribution in [3.8, 4) is 0 Å². The molecule has 1 rings (SSSR count). The average Bonchev–Trinajstić information content (AvgIpc) is 2.35. The third kappa shape index (κ3) is 4.62. The van der Waals surface area contributed by atoms with Crippen LogP contribution in [-0.2, 0) is 4.79 Å². The molecule has 1 atom stereocenters. The van der Waals surface area contributed by atoms with Crippen LogP contribution < -0.4 is 5.32 Å². The molecule has 0 aromatic heterocycles. The summed E-state index contributed by atoms with van der Waals surface area (Å²) in [6.45, 7) is 4.18. The Morgan fingerprint density at radius 1 is 1.44 bits per heavy atom. The first-order valence-electron chi connectivity index (χ1n) is 6.34. The van der Waals surface area contributed by atoms with Gasteiger partial charge in [-0.05, 0) is 31.0 Å². The van der Waals surface area contributed by atoms with Crippen molar-refractivity contribution < 1.29 is 4.79 Å². The number of anilines is 1. The number of hydrogen-bond donors (Lipinski definition) is 1. The molecule has 0 saturated carbocycles. The van der Waals surface area contributed by atoms with Crippen molar-refractivity contribution in [2.75, 3.05) is 5.32 Å². The highest BCUT2D eigenvalue weighted by molar-refractivity contribution is 9.10. The number of benzene rings is 1. The fraction of sp³-hybridized carbons (Fsp3) is 0.500. The van der Waals surface area contributed by atoms with E-state index in [1.165, 1.54) is 0 Å². The van der Waals surface area contributed by atoms with Gasteiger partial charge in [0.1, 0.15) is 0 Å². The molecule has 0 aliphatic heterocycles. The van der Waals surface area contributed by atoms with E-state index >= 15 is 0 Å². The summed E-state index contributed by atoms with van der Waals surface area (Å²) < 4.78 is 0.906. The molecule has 0 heterocycles. The largest absolute Gasteiger partial charge is 0.324 e. The Hall–Kier alpha value is -0.540. The van der Waals surface area contributed by atoms with E-state index in [9.17, 15) is 4.79 Å². The molecule has 2 nitrogen and oxygen atoms in total. The molecule has 100 valence electrons. The maximum Gasteiger partial charge on any atom is 0.227 e. The van der Waals surface area contributed by atoms with Crippen LogP contribution in [0.2, 0.25) is 5.02 Å². The number of halogens is 2. The van der Waals surface area contributed by atoms with E-state index in [1.54, 1.807) is 6.07 Å². The molecule has 0 aliphatic rings. The van der Waals surface area contributed by atoms with Gasteiger partial charge in [-0.2, -0.15) is 0 Å². The molecule has 1 unspecified atom stereocenters. The predicted octanol–water partition coefficient (Wildman–Crippen LogP) is 5.26. The average molecular weight is 333 g/mol. The lowest BCUT2D eigenvalue weighted by Gasteiger charge is -2.15. The summed E-state index contributed by atoms with van der Waals surface area (Å²) in [7, 11) is 0. The van der Waals surface area contributed by atoms with E-state index in [1.807, 2.05) is 19.1 Å². The molecule has 18 heavy (non-hydrogen) atoms. The minimum Gasteiger partial charge on any atom is -0.324 e. The Kier molecular flexibility index (Phi) is 6.72. The topological polar surface area (TPSA) is 29.1 Å². The Balaban J connectivity index is 2.70. The number of nitrogens with one attached hydrogen (secondary N) is 1. The number of carbonyl (C=O) groups is 1. The third-order valence-electron chi connectivity index (χ3n) is 2.96. The SMILES string of the molecule is CCCCC(CC)C(=O)Nc1cc(Br)ccc1Cl. The van der Waals surface area contributed by atoms with Crippen LogP contribution >= 0.6 is 27.5 Å². The first-order valence-corrected chi connectivity index (χ1v) is 7.51. The van der Waals surface area contributed by atoms with Gasteiger partial charge in [0.15, 0.2) is 0 Å². The quantitative estimate of drug-likeness (QED) is 0.756. The van der Waals surface area contributed by atoms with E-state index in [0.717, 1.165) is 30.2 Å². The lowest BCUT2D eigenvalue weighted by molar-refractivity contribution is -0.120. The van der Waals surface area contributed by atoms with Crippen LogP contribution in [0.5, 0.6) is 0 Å². The maximum atomic E-state index is 12.1. The molecule has 1 N–H and O–H groups in total. The first kappa shape index (κ1) is 15.5. The lowest BCUT2D eigenvalue weighted by Crippen LogP contribution is -2.22. The van der Waals surface area contributed by atoms with Gasteiger partial charge in [-0.15, -0.1) is 0 Å². The highest BCUT2D eigenvalue weighted by Crippen LogP contribution is 2.26. The molecule has 4 heteroatoms. The van der Waals surface area contributed by atoms with Crippen LogP contribution in [-0.4, -0.2) is 5.91 Å². The highest BCUT2D eigenvalue weighted by Gasteiger charge is 2.16. The van der Waals surface area contributed by atoms with Gasteiger partial charge < -0.3 is 5.32 Å². The maximum absolute atomic E-state index is 12.1. The van der Waals surface area contributed by atoms with Crippen LogP contribution in [0.3, 0.4) is 0 Å². The molecule has 1 aromatic carbocycles. The molecule has 1 amide bonds. The van der Waals surface area contributed by atoms with Crippen molar-refractivity contribution in [3.63, 3.8) is 0 Å². The fourth-order valence-electron chi connectivity index (χ4n) is 1.80. The minimum absolute atomic E-state index is 0.0611. The lowest BCUT2D eigenvalue weighted by atomic mass is 9.98. The van der Waals surface area contributed by atoms with Crippen molar-refractivity contribution >= 4 is 39.1 Å². The summed E-state index contributed by atoms with van der Waals surface area (Å²) in [5.41, 5.74) is 0.672. The van der Waals surface area contributed by atoms with Crippen molar-refractivity contribution in [2.24, 2.45) is 5.92 Å². The van der Waals surface area contributed by atoms with Gasteiger partial charge in [0.25, 0.3) is 0 Å². The van der Waals surface area contributed by atoms with E-state index in [0.29, 0.717) is 10.7 Å². The monoisotopic (exact) mass is 331 g/mol. The van der Waals surface area contributed by atoms with Crippen molar-refractivity contribution in [1.82, 2.24) is 0 Å². The molecule has 0 fully saturated rings. The highest BCUT2D eigenvalue weighted by atomic mass is 79.9. The minimum atomic E-state index is 0.0611. The number of hydrogen-bond acceptors (Lipinski definition) is 1. The Morgan fingerprint density at radius 3 is 2.78 bits per heavy atom. The normalized spacial score (nSPS) is 12.2. The van der Waals surface area contributed by atoms with Crippen LogP contribution in [0.1, 0.15) is 39.5 Å². The Morgan fingerprint density at radius 2 is 2.17 bits per heavy atom. The second-order valence-electron chi connectivity index (χ2n) is 4.36. The van der Waals surface area contributed by atoms with Crippen molar-refractivity contribution in [1.29, 1.82) is 0 Å². The molecule has 1 aromatic rings. The number of unbranched alkanes of at least 4 members (excludes halogenated alkanes) is 1. The van der Waals surface area contributed by atoms with Gasteiger partial charge in [0, 0.05) is 10.4 Å². The zero-order chi connectivity index (χ0) is 13.5. The van der Waals surface area contributed by atoms with E-state index in [4.69, 9.17) is 11.6 Å². The second-order valence-corrected chi connectivity index (χ2v) is 5.68. The van der Waals surface area contributed by atoms with Gasteiger partial charge >= 0.3 is 0 Å². The standard InChI is InChI=1S/C14H19BrClNO/c1-3-5-6-10(4-2)14(18)17-13-9-11(15)7-8-12(13)16/h7-10H,3-6H2,1-2H3,(H,17,18). The molecular formula is C14H19BrClNO. The summed E-state index contributed by atoms with van der Waals surface area (Å²) in [5, 5.41) is 3.48. The van der Waals surface area contributed by atoms with E-state index in [2.05, 4.69) is 28.2 Å². The van der Waals surface area contributed by atoms with Gasteiger partial charge in [-0.1, -0.05) is 54.2 Å². The first-order chi connectivity index (χ1) is 8.58. The molecular weight excluding hydrogens is 314 g/mol. The molecule has 0 aliphatic carbocycles. The molecule has 0 radical (unpaired) electrons. The van der Waals surface area contributed by atoms with Crippen LogP contribution in [0, 0.1) is 5.92 Å². The Labute approximate surface area is 122 Å². The molecule has 0 spiro atoms. The van der Waals surface area contributed by atoms with Crippen LogP contribution in [0.4, 0.5) is 5.69 Å². The summed E-state index contributed by atoms with van der Waals surface area (Å²) >= 11 is 9.43. The van der Waals surface area contributed by atoms with Crippen molar-refractivity contribution in [2.45, 2.75) is 39.5 Å². The third-order valence-corrected chi connectivity index (χ3v) is 3.78. The number of carbonyl (C=O) groups excluding carboxylic acids is 1. The Bertz CT molecular complexity index is 409. The number of rotatable bonds is 6. The van der Waals surface area contributed by atoms with Crippen LogP contribution in [0.15, 0.2) is 22.7 Å². The zero-order valence-electron chi connectivity index (χ0n) is 10.8. The summed E-state index contributed by atoms with van der Waals surface area (Å²) in [4.78, 5) is 12.1. The van der Waals surface area contributed by atoms with E-state index in [-0.39, 0.29) is 11.8 Å². The van der Waals surface area contributed by atoms with Gasteiger partial charge in [0.05, 0.1) is 10.7 Å². The van der Waals surface area contributed by atoms with Gasteiger partial charge in [-0.3, -0.25) is 4.79 Å². The smallest absolute Gasteiger partial charge is 0.227 e. The molecule has 0 bridgehead atoms. The summed E-state index contributed by atoms with van der Waals surface area (Å²) in [6.07, 6.45) is 3.99. The molecule has 0 saturated heterocycles. The van der Waals surface area contributed by atoms with Crippen molar-refractivity contribution in [3.05, 3.63) is 27.7 Å². The second kappa shape index (κ2) is 7.80. The van der Waals surface area contributed by atoms with Gasteiger partial charge in [0.2, 0.25) is 5.91 Å². The summed E-state index contributed by atoms with van der Waals surface area (Å²) in [6, 6.07) is 5.45. The number of amides is 1. The van der Waals surface area contributed by atoms with E-state index < -0.39 is 0 Å². The summed E-state index contributed by atoms with van der Waals surface area (Å²) in [5.74, 6) is 0.131. The fourth-order valence-corrected chi connectivity index (χ4v) is 2.33. The van der Waals surface area contributed by atoms with Crippen LogP contribution in [0.25, 0.3) is 0 Å². The zero-order valence-corrected chi connectivity index (χ0v) is 13.1.